The predicted molar refractivity (Wildman–Crippen MR) is 69.9 cm³/mol. The summed E-state index contributed by atoms with van der Waals surface area (Å²) in [6.07, 6.45) is 2.21. The number of aryl methyl sites for hydroxylation is 1. The number of nitrogens with zero attached hydrogens (tertiary/aromatic N) is 2. The number of benzene rings is 1. The first-order chi connectivity index (χ1) is 8.66. The van der Waals surface area contributed by atoms with Crippen molar-refractivity contribution in [3.05, 3.63) is 53.3 Å². The fraction of sp³-hybridized carbons (Fsp3) is 0.286. The van der Waals surface area contributed by atoms with E-state index in [1.165, 1.54) is 0 Å². The standard InChI is InChI=1S/C14H17N3O/c1-11-13(10-16-17(11)2)9-15-14(18)8-12-6-4-3-5-7-12/h3-7,10H,8-9H2,1-2H3,(H,15,18). The van der Waals surface area contributed by atoms with Gasteiger partial charge in [0, 0.05) is 24.8 Å². The van der Waals surface area contributed by atoms with Gasteiger partial charge in [-0.3, -0.25) is 9.48 Å². The third kappa shape index (κ3) is 2.97. The maximum Gasteiger partial charge on any atom is 0.224 e. The summed E-state index contributed by atoms with van der Waals surface area (Å²) in [4.78, 5) is 11.8. The number of carbonyl (C=O) groups excluding carboxylic acids is 1. The van der Waals surface area contributed by atoms with Gasteiger partial charge in [0.15, 0.2) is 0 Å². The van der Waals surface area contributed by atoms with Crippen LogP contribution >= 0.6 is 0 Å². The molecule has 2 rings (SSSR count). The largest absolute Gasteiger partial charge is 0.352 e. The Kier molecular flexibility index (Phi) is 3.77. The first-order valence-corrected chi connectivity index (χ1v) is 5.95. The summed E-state index contributed by atoms with van der Waals surface area (Å²) in [7, 11) is 1.89. The van der Waals surface area contributed by atoms with Crippen molar-refractivity contribution in [1.29, 1.82) is 0 Å². The van der Waals surface area contributed by atoms with E-state index in [0.29, 0.717) is 13.0 Å². The number of amides is 1. The van der Waals surface area contributed by atoms with Crippen LogP contribution in [0.15, 0.2) is 36.5 Å². The van der Waals surface area contributed by atoms with E-state index in [1.54, 1.807) is 10.9 Å². The van der Waals surface area contributed by atoms with Crippen molar-refractivity contribution in [2.45, 2.75) is 19.9 Å². The summed E-state index contributed by atoms with van der Waals surface area (Å²) < 4.78 is 1.80. The summed E-state index contributed by atoms with van der Waals surface area (Å²) in [6, 6.07) is 9.73. The Bertz CT molecular complexity index is 531. The molecule has 1 N–H and O–H groups in total. The highest BCUT2D eigenvalue weighted by atomic mass is 16.1. The first kappa shape index (κ1) is 12.4. The molecule has 94 valence electrons. The van der Waals surface area contributed by atoms with Crippen LogP contribution in [0.2, 0.25) is 0 Å². The van der Waals surface area contributed by atoms with Crippen LogP contribution in [-0.2, 0) is 24.8 Å². The smallest absolute Gasteiger partial charge is 0.224 e. The molecule has 0 atom stereocenters. The van der Waals surface area contributed by atoms with Crippen molar-refractivity contribution in [2.24, 2.45) is 7.05 Å². The molecule has 1 aromatic carbocycles. The van der Waals surface area contributed by atoms with Gasteiger partial charge in [0.2, 0.25) is 5.91 Å². The monoisotopic (exact) mass is 243 g/mol. The van der Waals surface area contributed by atoms with Crippen LogP contribution in [0.4, 0.5) is 0 Å². The molecular formula is C14H17N3O. The van der Waals surface area contributed by atoms with Crippen LogP contribution in [-0.4, -0.2) is 15.7 Å². The first-order valence-electron chi connectivity index (χ1n) is 5.95. The molecule has 0 aliphatic carbocycles. The maximum absolute atomic E-state index is 11.8. The van der Waals surface area contributed by atoms with Gasteiger partial charge in [0.1, 0.15) is 0 Å². The highest BCUT2D eigenvalue weighted by molar-refractivity contribution is 5.78. The second-order valence-corrected chi connectivity index (χ2v) is 4.32. The Morgan fingerprint density at radius 2 is 2.06 bits per heavy atom. The topological polar surface area (TPSA) is 46.9 Å². The lowest BCUT2D eigenvalue weighted by Gasteiger charge is -2.05. The Hall–Kier alpha value is -2.10. The van der Waals surface area contributed by atoms with Crippen molar-refractivity contribution >= 4 is 5.91 Å². The van der Waals surface area contributed by atoms with Gasteiger partial charge in [0.05, 0.1) is 12.6 Å². The number of hydrogen-bond donors (Lipinski definition) is 1. The molecule has 0 unspecified atom stereocenters. The molecule has 0 fully saturated rings. The maximum atomic E-state index is 11.8. The normalized spacial score (nSPS) is 10.3. The summed E-state index contributed by atoms with van der Waals surface area (Å²) in [6.45, 7) is 2.52. The van der Waals surface area contributed by atoms with Gasteiger partial charge in [0.25, 0.3) is 0 Å². The average Bonchev–Trinajstić information content (AvgIpc) is 2.69. The van der Waals surface area contributed by atoms with Gasteiger partial charge >= 0.3 is 0 Å². The second-order valence-electron chi connectivity index (χ2n) is 4.32. The van der Waals surface area contributed by atoms with Crippen LogP contribution in [0, 0.1) is 6.92 Å². The van der Waals surface area contributed by atoms with Crippen LogP contribution in [0.3, 0.4) is 0 Å². The minimum atomic E-state index is 0.0319. The number of carbonyl (C=O) groups is 1. The molecule has 0 aliphatic heterocycles. The molecule has 0 saturated heterocycles. The molecule has 2 aromatic rings. The Morgan fingerprint density at radius 3 is 2.67 bits per heavy atom. The summed E-state index contributed by atoms with van der Waals surface area (Å²) >= 11 is 0. The molecule has 0 aliphatic rings. The zero-order chi connectivity index (χ0) is 13.0. The molecule has 0 bridgehead atoms. The molecule has 18 heavy (non-hydrogen) atoms. The lowest BCUT2D eigenvalue weighted by Crippen LogP contribution is -2.24. The molecule has 1 amide bonds. The average molecular weight is 243 g/mol. The fourth-order valence-corrected chi connectivity index (χ4v) is 1.76. The lowest BCUT2D eigenvalue weighted by atomic mass is 10.1. The molecule has 1 heterocycles. The van der Waals surface area contributed by atoms with Gasteiger partial charge < -0.3 is 5.32 Å². The SMILES string of the molecule is Cc1c(CNC(=O)Cc2ccccc2)cnn1C. The Labute approximate surface area is 107 Å². The molecule has 4 nitrogen and oxygen atoms in total. The van der Waals surface area contributed by atoms with Gasteiger partial charge in [-0.2, -0.15) is 5.10 Å². The third-order valence-corrected chi connectivity index (χ3v) is 3.02. The lowest BCUT2D eigenvalue weighted by molar-refractivity contribution is -0.120. The molecule has 1 aromatic heterocycles. The van der Waals surface area contributed by atoms with E-state index in [4.69, 9.17) is 0 Å². The van der Waals surface area contributed by atoms with Gasteiger partial charge in [-0.25, -0.2) is 0 Å². The van der Waals surface area contributed by atoms with E-state index >= 15 is 0 Å². The number of nitrogens with one attached hydrogen (secondary N) is 1. The van der Waals surface area contributed by atoms with Crippen molar-refractivity contribution in [1.82, 2.24) is 15.1 Å². The van der Waals surface area contributed by atoms with E-state index in [2.05, 4.69) is 10.4 Å². The third-order valence-electron chi connectivity index (χ3n) is 3.02. The van der Waals surface area contributed by atoms with Crippen molar-refractivity contribution < 1.29 is 4.79 Å². The highest BCUT2D eigenvalue weighted by Crippen LogP contribution is 2.05. The Morgan fingerprint density at radius 1 is 1.33 bits per heavy atom. The number of aromatic nitrogens is 2. The van der Waals surface area contributed by atoms with E-state index in [0.717, 1.165) is 16.8 Å². The minimum absolute atomic E-state index is 0.0319. The van der Waals surface area contributed by atoms with Crippen LogP contribution in [0.1, 0.15) is 16.8 Å². The summed E-state index contributed by atoms with van der Waals surface area (Å²) in [5.74, 6) is 0.0319. The van der Waals surface area contributed by atoms with Crippen LogP contribution < -0.4 is 5.32 Å². The van der Waals surface area contributed by atoms with E-state index < -0.39 is 0 Å². The van der Waals surface area contributed by atoms with Crippen LogP contribution in [0.25, 0.3) is 0 Å². The van der Waals surface area contributed by atoms with Crippen molar-refractivity contribution in [3.63, 3.8) is 0 Å². The van der Waals surface area contributed by atoms with E-state index in [1.807, 2.05) is 44.3 Å². The van der Waals surface area contributed by atoms with Gasteiger partial charge in [-0.05, 0) is 12.5 Å². The predicted octanol–water partition coefficient (Wildman–Crippen LogP) is 1.59. The fourth-order valence-electron chi connectivity index (χ4n) is 1.76. The molecule has 0 saturated carbocycles. The number of rotatable bonds is 4. The Balaban J connectivity index is 1.87. The minimum Gasteiger partial charge on any atom is -0.352 e. The zero-order valence-corrected chi connectivity index (χ0v) is 10.7. The molecule has 4 heteroatoms. The summed E-state index contributed by atoms with van der Waals surface area (Å²) in [5, 5.41) is 7.05. The second kappa shape index (κ2) is 5.49. The molecular weight excluding hydrogens is 226 g/mol. The van der Waals surface area contributed by atoms with Crippen molar-refractivity contribution in [2.75, 3.05) is 0 Å². The molecule has 0 spiro atoms. The van der Waals surface area contributed by atoms with Crippen molar-refractivity contribution in [3.8, 4) is 0 Å². The summed E-state index contributed by atoms with van der Waals surface area (Å²) in [5.41, 5.74) is 3.16. The quantitative estimate of drug-likeness (QED) is 0.886. The highest BCUT2D eigenvalue weighted by Gasteiger charge is 2.06. The van der Waals surface area contributed by atoms with E-state index in [-0.39, 0.29) is 5.91 Å². The van der Waals surface area contributed by atoms with Gasteiger partial charge in [-0.1, -0.05) is 30.3 Å². The number of hydrogen-bond acceptors (Lipinski definition) is 2. The van der Waals surface area contributed by atoms with E-state index in [9.17, 15) is 4.79 Å². The zero-order valence-electron chi connectivity index (χ0n) is 10.7. The van der Waals surface area contributed by atoms with Gasteiger partial charge in [-0.15, -0.1) is 0 Å². The molecule has 0 radical (unpaired) electrons. The van der Waals surface area contributed by atoms with Crippen LogP contribution in [0.5, 0.6) is 0 Å².